The molecule has 2 aromatic rings. The van der Waals surface area contributed by atoms with E-state index in [1.165, 1.54) is 11.6 Å². The van der Waals surface area contributed by atoms with Crippen LogP contribution in [0.4, 0.5) is 10.1 Å². The zero-order chi connectivity index (χ0) is 15.4. The molecule has 0 heterocycles. The van der Waals surface area contributed by atoms with Gasteiger partial charge in [-0.1, -0.05) is 18.2 Å². The number of hydrogen-bond donors (Lipinski definition) is 1. The number of halogens is 2. The van der Waals surface area contributed by atoms with Crippen molar-refractivity contribution in [3.05, 3.63) is 63.9 Å². The van der Waals surface area contributed by atoms with Crippen LogP contribution < -0.4 is 10.6 Å². The van der Waals surface area contributed by atoms with Crippen LogP contribution in [0.5, 0.6) is 0 Å². The highest BCUT2D eigenvalue weighted by Crippen LogP contribution is 2.29. The first-order valence-electron chi connectivity index (χ1n) is 7.05. The Morgan fingerprint density at radius 3 is 2.57 bits per heavy atom. The molecule has 2 nitrogen and oxygen atoms in total. The van der Waals surface area contributed by atoms with Crippen LogP contribution in [-0.4, -0.2) is 13.1 Å². The Balaban J connectivity index is 2.39. The summed E-state index contributed by atoms with van der Waals surface area (Å²) < 4.78 is 13.9. The molecule has 21 heavy (non-hydrogen) atoms. The summed E-state index contributed by atoms with van der Waals surface area (Å²) in [5.74, 6) is -0.256. The van der Waals surface area contributed by atoms with Crippen molar-refractivity contribution < 1.29 is 4.39 Å². The fourth-order valence-electron chi connectivity index (χ4n) is 2.55. The van der Waals surface area contributed by atoms with Gasteiger partial charge in [-0.2, -0.15) is 0 Å². The van der Waals surface area contributed by atoms with Crippen LogP contribution in [0.15, 0.2) is 46.9 Å². The highest BCUT2D eigenvalue weighted by molar-refractivity contribution is 9.10. The van der Waals surface area contributed by atoms with Crippen molar-refractivity contribution in [1.29, 1.82) is 0 Å². The zero-order valence-corrected chi connectivity index (χ0v) is 13.9. The number of nitrogens with zero attached hydrogens (tertiary/aromatic N) is 1. The van der Waals surface area contributed by atoms with Gasteiger partial charge in [0.25, 0.3) is 0 Å². The summed E-state index contributed by atoms with van der Waals surface area (Å²) in [6.45, 7) is 5.48. The summed E-state index contributed by atoms with van der Waals surface area (Å²) in [6.07, 6.45) is 0. The first kappa shape index (κ1) is 16.0. The van der Waals surface area contributed by atoms with E-state index in [-0.39, 0.29) is 11.9 Å². The third-order valence-electron chi connectivity index (χ3n) is 3.60. The maximum atomic E-state index is 13.4. The van der Waals surface area contributed by atoms with Crippen LogP contribution in [-0.2, 0) is 0 Å². The normalized spacial score (nSPS) is 12.2. The Morgan fingerprint density at radius 1 is 1.24 bits per heavy atom. The van der Waals surface area contributed by atoms with E-state index in [0.29, 0.717) is 11.0 Å². The van der Waals surface area contributed by atoms with E-state index in [1.807, 2.05) is 12.1 Å². The molecule has 0 aliphatic carbocycles. The molecule has 0 aliphatic heterocycles. The van der Waals surface area contributed by atoms with Gasteiger partial charge in [-0.3, -0.25) is 0 Å². The second-order valence-electron chi connectivity index (χ2n) is 5.05. The molecule has 4 heteroatoms. The minimum Gasteiger partial charge on any atom is -0.363 e. The van der Waals surface area contributed by atoms with Gasteiger partial charge in [0.1, 0.15) is 5.82 Å². The second-order valence-corrected chi connectivity index (χ2v) is 5.90. The number of hydrogen-bond acceptors (Lipinski definition) is 2. The van der Waals surface area contributed by atoms with Crippen LogP contribution in [0.1, 0.15) is 24.1 Å². The zero-order valence-electron chi connectivity index (χ0n) is 12.3. The lowest BCUT2D eigenvalue weighted by Gasteiger charge is -2.32. The second kappa shape index (κ2) is 7.05. The molecule has 0 bridgehead atoms. The lowest BCUT2D eigenvalue weighted by atomic mass is 10.0. The Kier molecular flexibility index (Phi) is 5.37. The molecular weight excluding hydrogens is 331 g/mol. The van der Waals surface area contributed by atoms with Crippen molar-refractivity contribution in [2.24, 2.45) is 5.73 Å². The number of likely N-dealkylation sites (N-methyl/N-ethyl adjacent to an activating group) is 1. The molecule has 0 aromatic heterocycles. The molecule has 0 amide bonds. The Labute approximate surface area is 133 Å². The minimum absolute atomic E-state index is 0.0219. The standard InChI is InChI=1S/C17H20BrFN2/c1-3-21(14-6-4-5-12(2)9-14)17(11-20)13-7-8-16(19)15(18)10-13/h4-10,17H,3,11,20H2,1-2H3. The van der Waals surface area contributed by atoms with Crippen LogP contribution in [0.2, 0.25) is 0 Å². The summed E-state index contributed by atoms with van der Waals surface area (Å²) in [5.41, 5.74) is 9.35. The Hall–Kier alpha value is -1.39. The van der Waals surface area contributed by atoms with Crippen LogP contribution >= 0.6 is 15.9 Å². The van der Waals surface area contributed by atoms with Crippen molar-refractivity contribution in [2.75, 3.05) is 18.0 Å². The van der Waals surface area contributed by atoms with E-state index < -0.39 is 0 Å². The van der Waals surface area contributed by atoms with Gasteiger partial charge in [-0.05, 0) is 65.2 Å². The van der Waals surface area contributed by atoms with E-state index in [2.05, 4.69) is 52.9 Å². The van der Waals surface area contributed by atoms with Gasteiger partial charge < -0.3 is 10.6 Å². The topological polar surface area (TPSA) is 29.3 Å². The molecule has 0 aliphatic rings. The molecule has 0 fully saturated rings. The maximum absolute atomic E-state index is 13.4. The minimum atomic E-state index is -0.256. The average Bonchev–Trinajstić information content (AvgIpc) is 2.47. The van der Waals surface area contributed by atoms with Crippen molar-refractivity contribution in [1.82, 2.24) is 0 Å². The van der Waals surface area contributed by atoms with Crippen LogP contribution in [0.3, 0.4) is 0 Å². The van der Waals surface area contributed by atoms with Gasteiger partial charge in [0.05, 0.1) is 10.5 Å². The molecule has 2 rings (SSSR count). The summed E-state index contributed by atoms with van der Waals surface area (Å²) in [5, 5.41) is 0. The molecular formula is C17H20BrFN2. The fourth-order valence-corrected chi connectivity index (χ4v) is 2.95. The number of anilines is 1. The van der Waals surface area contributed by atoms with Crippen molar-refractivity contribution in [3.63, 3.8) is 0 Å². The number of benzene rings is 2. The maximum Gasteiger partial charge on any atom is 0.137 e. The molecule has 2 aromatic carbocycles. The number of rotatable bonds is 5. The lowest BCUT2D eigenvalue weighted by Crippen LogP contribution is -2.33. The lowest BCUT2D eigenvalue weighted by molar-refractivity contribution is 0.611. The van der Waals surface area contributed by atoms with E-state index in [9.17, 15) is 4.39 Å². The van der Waals surface area contributed by atoms with Crippen LogP contribution in [0, 0.1) is 12.7 Å². The van der Waals surface area contributed by atoms with E-state index in [4.69, 9.17) is 5.73 Å². The highest BCUT2D eigenvalue weighted by Gasteiger charge is 2.19. The van der Waals surface area contributed by atoms with Crippen molar-refractivity contribution in [3.8, 4) is 0 Å². The molecule has 1 unspecified atom stereocenters. The average molecular weight is 351 g/mol. The van der Waals surface area contributed by atoms with Crippen LogP contribution in [0.25, 0.3) is 0 Å². The Morgan fingerprint density at radius 2 is 2.00 bits per heavy atom. The van der Waals surface area contributed by atoms with Gasteiger partial charge in [-0.15, -0.1) is 0 Å². The SMILES string of the molecule is CCN(c1cccc(C)c1)C(CN)c1ccc(F)c(Br)c1. The smallest absolute Gasteiger partial charge is 0.137 e. The first-order valence-corrected chi connectivity index (χ1v) is 7.84. The summed E-state index contributed by atoms with van der Waals surface area (Å²) in [7, 11) is 0. The quantitative estimate of drug-likeness (QED) is 0.864. The molecule has 0 saturated heterocycles. The van der Waals surface area contributed by atoms with Gasteiger partial charge in [0.2, 0.25) is 0 Å². The summed E-state index contributed by atoms with van der Waals surface area (Å²) >= 11 is 3.25. The van der Waals surface area contributed by atoms with Gasteiger partial charge >= 0.3 is 0 Å². The summed E-state index contributed by atoms with van der Waals surface area (Å²) in [4.78, 5) is 2.24. The van der Waals surface area contributed by atoms with E-state index in [0.717, 1.165) is 17.8 Å². The Bertz CT molecular complexity index is 615. The third kappa shape index (κ3) is 3.63. The highest BCUT2D eigenvalue weighted by atomic mass is 79.9. The third-order valence-corrected chi connectivity index (χ3v) is 4.21. The molecule has 0 saturated carbocycles. The van der Waals surface area contributed by atoms with Gasteiger partial charge in [-0.25, -0.2) is 4.39 Å². The molecule has 0 spiro atoms. The van der Waals surface area contributed by atoms with Crippen molar-refractivity contribution >= 4 is 21.6 Å². The largest absolute Gasteiger partial charge is 0.363 e. The van der Waals surface area contributed by atoms with Gasteiger partial charge in [0.15, 0.2) is 0 Å². The van der Waals surface area contributed by atoms with E-state index >= 15 is 0 Å². The molecule has 2 N–H and O–H groups in total. The summed E-state index contributed by atoms with van der Waals surface area (Å²) in [6, 6.07) is 13.5. The first-order chi connectivity index (χ1) is 10.1. The molecule has 1 atom stereocenters. The van der Waals surface area contributed by atoms with Crippen molar-refractivity contribution in [2.45, 2.75) is 19.9 Å². The fraction of sp³-hybridized carbons (Fsp3) is 0.294. The molecule has 112 valence electrons. The number of aryl methyl sites for hydroxylation is 1. The number of nitrogens with two attached hydrogens (primary N) is 1. The van der Waals surface area contributed by atoms with E-state index in [1.54, 1.807) is 6.07 Å². The van der Waals surface area contributed by atoms with Gasteiger partial charge in [0, 0.05) is 18.8 Å². The molecule has 0 radical (unpaired) electrons. The predicted octanol–water partition coefficient (Wildman–Crippen LogP) is 4.42. The monoisotopic (exact) mass is 350 g/mol. The predicted molar refractivity (Wildman–Crippen MR) is 90.1 cm³/mol.